The summed E-state index contributed by atoms with van der Waals surface area (Å²) in [5.41, 5.74) is 2.91. The quantitative estimate of drug-likeness (QED) is 0.496. The lowest BCUT2D eigenvalue weighted by atomic mass is 9.58. The van der Waals surface area contributed by atoms with Crippen molar-refractivity contribution in [1.29, 1.82) is 0 Å². The minimum atomic E-state index is -0.458. The van der Waals surface area contributed by atoms with Gasteiger partial charge in [0, 0.05) is 11.1 Å². The fourth-order valence-corrected chi connectivity index (χ4v) is 5.40. The first-order valence-electron chi connectivity index (χ1n) is 9.44. The number of hydrogen-bond acceptors (Lipinski definition) is 0. The lowest BCUT2D eigenvalue weighted by molar-refractivity contribution is 0.194. The van der Waals surface area contributed by atoms with Gasteiger partial charge >= 0.3 is 0 Å². The van der Waals surface area contributed by atoms with Crippen LogP contribution in [0.3, 0.4) is 0 Å². The second-order valence-electron chi connectivity index (χ2n) is 7.61. The molecule has 0 bridgehead atoms. The third-order valence-electron chi connectivity index (χ3n) is 6.27. The predicted octanol–water partition coefficient (Wildman–Crippen LogP) is 7.03. The van der Waals surface area contributed by atoms with Gasteiger partial charge in [-0.15, -0.1) is 0 Å². The first-order valence-corrected chi connectivity index (χ1v) is 9.82. The van der Waals surface area contributed by atoms with Gasteiger partial charge in [0.2, 0.25) is 0 Å². The fraction of sp³-hybridized carbons (Fsp3) is 0.391. The summed E-state index contributed by atoms with van der Waals surface area (Å²) in [5, 5.41) is 0.738. The smallest absolute Gasteiger partial charge is 0.129 e. The van der Waals surface area contributed by atoms with Crippen LogP contribution in [0.1, 0.15) is 54.7 Å². The maximum Gasteiger partial charge on any atom is 0.129 e. The van der Waals surface area contributed by atoms with Crippen molar-refractivity contribution in [2.45, 2.75) is 44.4 Å². The summed E-state index contributed by atoms with van der Waals surface area (Å²) >= 11 is 6.09. The SMILES string of the molecule is C/C=C/[C@@H]1CC[C@H]2c3cc(F)cc(F)c3CC[C@@H]2[C@H]1c1ccc(Cl)cc1. The number of halogens is 3. The normalized spacial score (nSPS) is 28.0. The molecule has 0 radical (unpaired) electrons. The second kappa shape index (κ2) is 7.15. The van der Waals surface area contributed by atoms with E-state index in [0.717, 1.165) is 41.5 Å². The molecule has 0 saturated heterocycles. The second-order valence-corrected chi connectivity index (χ2v) is 8.05. The molecule has 0 aromatic heterocycles. The Hall–Kier alpha value is -1.67. The number of rotatable bonds is 2. The highest BCUT2D eigenvalue weighted by Gasteiger charge is 2.42. The summed E-state index contributed by atoms with van der Waals surface area (Å²) < 4.78 is 28.2. The lowest BCUT2D eigenvalue weighted by Gasteiger charge is -2.46. The van der Waals surface area contributed by atoms with Gasteiger partial charge in [-0.3, -0.25) is 0 Å². The molecule has 0 unspecified atom stereocenters. The number of benzene rings is 2. The van der Waals surface area contributed by atoms with Crippen molar-refractivity contribution in [2.24, 2.45) is 11.8 Å². The Kier molecular flexibility index (Phi) is 4.88. The van der Waals surface area contributed by atoms with Crippen LogP contribution in [0.2, 0.25) is 5.02 Å². The highest BCUT2D eigenvalue weighted by atomic mass is 35.5. The van der Waals surface area contributed by atoms with Gasteiger partial charge in [-0.1, -0.05) is 35.9 Å². The summed E-state index contributed by atoms with van der Waals surface area (Å²) in [6, 6.07) is 10.7. The fourth-order valence-electron chi connectivity index (χ4n) is 5.27. The minimum Gasteiger partial charge on any atom is -0.207 e. The molecule has 4 atom stereocenters. The van der Waals surface area contributed by atoms with E-state index in [1.807, 2.05) is 12.1 Å². The third kappa shape index (κ3) is 3.09. The molecule has 3 heteroatoms. The van der Waals surface area contributed by atoms with Crippen molar-refractivity contribution < 1.29 is 8.78 Å². The molecule has 1 fully saturated rings. The van der Waals surface area contributed by atoms with Crippen LogP contribution >= 0.6 is 11.6 Å². The zero-order chi connectivity index (χ0) is 18.3. The Bertz CT molecular complexity index is 825. The highest BCUT2D eigenvalue weighted by molar-refractivity contribution is 6.30. The van der Waals surface area contributed by atoms with Crippen LogP contribution in [0.15, 0.2) is 48.6 Å². The Labute approximate surface area is 158 Å². The first-order chi connectivity index (χ1) is 12.6. The van der Waals surface area contributed by atoms with E-state index in [2.05, 4.69) is 31.2 Å². The molecule has 26 heavy (non-hydrogen) atoms. The lowest BCUT2D eigenvalue weighted by Crippen LogP contribution is -2.35. The van der Waals surface area contributed by atoms with Crippen LogP contribution in [-0.2, 0) is 6.42 Å². The highest BCUT2D eigenvalue weighted by Crippen LogP contribution is 2.54. The molecule has 0 aliphatic heterocycles. The van der Waals surface area contributed by atoms with E-state index < -0.39 is 5.82 Å². The Morgan fingerprint density at radius 3 is 2.54 bits per heavy atom. The average Bonchev–Trinajstić information content (AvgIpc) is 2.62. The first kappa shape index (κ1) is 17.7. The van der Waals surface area contributed by atoms with Crippen molar-refractivity contribution in [3.63, 3.8) is 0 Å². The van der Waals surface area contributed by atoms with E-state index in [1.165, 1.54) is 5.56 Å². The molecule has 0 nitrogen and oxygen atoms in total. The van der Waals surface area contributed by atoms with Crippen LogP contribution in [0.25, 0.3) is 0 Å². The van der Waals surface area contributed by atoms with E-state index in [4.69, 9.17) is 11.6 Å². The van der Waals surface area contributed by atoms with Crippen LogP contribution in [-0.4, -0.2) is 0 Å². The monoisotopic (exact) mass is 372 g/mol. The van der Waals surface area contributed by atoms with Crippen molar-refractivity contribution in [2.75, 3.05) is 0 Å². The van der Waals surface area contributed by atoms with Gasteiger partial charge in [0.05, 0.1) is 0 Å². The Balaban J connectivity index is 1.77. The van der Waals surface area contributed by atoms with Gasteiger partial charge in [0.25, 0.3) is 0 Å². The molecule has 0 N–H and O–H groups in total. The van der Waals surface area contributed by atoms with Crippen LogP contribution in [0, 0.1) is 23.5 Å². The molecule has 0 amide bonds. The molecule has 2 aromatic rings. The molecular formula is C23H23ClF2. The van der Waals surface area contributed by atoms with E-state index in [0.29, 0.717) is 24.2 Å². The van der Waals surface area contributed by atoms with Gasteiger partial charge in [-0.2, -0.15) is 0 Å². The summed E-state index contributed by atoms with van der Waals surface area (Å²) in [7, 11) is 0. The average molecular weight is 373 g/mol. The maximum absolute atomic E-state index is 14.3. The van der Waals surface area contributed by atoms with Crippen molar-refractivity contribution in [1.82, 2.24) is 0 Å². The van der Waals surface area contributed by atoms with E-state index >= 15 is 0 Å². The molecule has 2 aliphatic rings. The number of allylic oxidation sites excluding steroid dienone is 2. The van der Waals surface area contributed by atoms with Gasteiger partial charge < -0.3 is 0 Å². The van der Waals surface area contributed by atoms with Crippen LogP contribution in [0.4, 0.5) is 8.78 Å². The zero-order valence-corrected chi connectivity index (χ0v) is 15.6. The summed E-state index contributed by atoms with van der Waals surface area (Å²) in [5.74, 6) is 0.618. The molecule has 2 aliphatic carbocycles. The van der Waals surface area contributed by atoms with E-state index in [1.54, 1.807) is 6.07 Å². The predicted molar refractivity (Wildman–Crippen MR) is 103 cm³/mol. The third-order valence-corrected chi connectivity index (χ3v) is 6.52. The van der Waals surface area contributed by atoms with Crippen LogP contribution in [0.5, 0.6) is 0 Å². The molecule has 0 heterocycles. The largest absolute Gasteiger partial charge is 0.207 e. The molecule has 136 valence electrons. The van der Waals surface area contributed by atoms with E-state index in [9.17, 15) is 8.78 Å². The number of hydrogen-bond donors (Lipinski definition) is 0. The molecule has 0 spiro atoms. The molecule has 4 rings (SSSR count). The Morgan fingerprint density at radius 1 is 1.04 bits per heavy atom. The van der Waals surface area contributed by atoms with Gasteiger partial charge in [0.15, 0.2) is 0 Å². The standard InChI is InChI=1S/C23H23ClF2/c1-2-3-14-6-9-18-20(23(14)15-4-7-16(24)8-5-15)11-10-19-21(18)12-17(25)13-22(19)26/h2-5,7-8,12-14,18,20,23H,6,9-11H2,1H3/b3-2+/t14-,18-,20+,23-/m1/s1. The summed E-state index contributed by atoms with van der Waals surface area (Å²) in [4.78, 5) is 0. The van der Waals surface area contributed by atoms with Gasteiger partial charge in [0.1, 0.15) is 11.6 Å². The van der Waals surface area contributed by atoms with Gasteiger partial charge in [-0.25, -0.2) is 8.78 Å². The van der Waals surface area contributed by atoms with Crippen molar-refractivity contribution >= 4 is 11.6 Å². The summed E-state index contributed by atoms with van der Waals surface area (Å²) in [6.07, 6.45) is 8.09. The zero-order valence-electron chi connectivity index (χ0n) is 14.9. The van der Waals surface area contributed by atoms with Crippen LogP contribution < -0.4 is 0 Å². The van der Waals surface area contributed by atoms with Crippen molar-refractivity contribution in [3.05, 3.63) is 81.9 Å². The van der Waals surface area contributed by atoms with E-state index in [-0.39, 0.29) is 11.7 Å². The topological polar surface area (TPSA) is 0 Å². The molecule has 1 saturated carbocycles. The molecular weight excluding hydrogens is 350 g/mol. The molecule has 2 aromatic carbocycles. The minimum absolute atomic E-state index is 0.228. The maximum atomic E-state index is 14.3. The summed E-state index contributed by atoms with van der Waals surface area (Å²) in [6.45, 7) is 2.06. The number of fused-ring (bicyclic) bond motifs is 3. The Morgan fingerprint density at radius 2 is 1.81 bits per heavy atom. The van der Waals surface area contributed by atoms with Crippen molar-refractivity contribution in [3.8, 4) is 0 Å². The van der Waals surface area contributed by atoms with Gasteiger partial charge in [-0.05, 0) is 91.2 Å².